The molecule has 0 atom stereocenters. The van der Waals surface area contributed by atoms with Crippen LogP contribution in [-0.4, -0.2) is 52.6 Å². The molecule has 1 N–H and O–H groups in total. The molecule has 0 spiro atoms. The third-order valence-corrected chi connectivity index (χ3v) is 8.00. The van der Waals surface area contributed by atoms with Gasteiger partial charge in [-0.25, -0.2) is 0 Å². The van der Waals surface area contributed by atoms with Crippen molar-refractivity contribution in [2.24, 2.45) is 0 Å². The third kappa shape index (κ3) is 6.97. The summed E-state index contributed by atoms with van der Waals surface area (Å²) in [6.07, 6.45) is 9.90. The number of hydrogen-bond donors (Lipinski definition) is 1. The lowest BCUT2D eigenvalue weighted by molar-refractivity contribution is -0.114. The Hall–Kier alpha value is -4.23. The first-order chi connectivity index (χ1) is 20.3. The number of benzene rings is 2. The number of hydrogen-bond acceptors (Lipinski definition) is 5. The van der Waals surface area contributed by atoms with Gasteiger partial charge in [0.05, 0.1) is 18.3 Å². The van der Waals surface area contributed by atoms with Crippen molar-refractivity contribution in [2.75, 3.05) is 26.2 Å². The van der Waals surface area contributed by atoms with E-state index < -0.39 is 0 Å². The molecule has 1 amide bonds. The van der Waals surface area contributed by atoms with Gasteiger partial charge in [0.2, 0.25) is 0 Å². The van der Waals surface area contributed by atoms with Crippen LogP contribution >= 0.6 is 0 Å². The molecular weight excluding hydrogens is 524 g/mol. The van der Waals surface area contributed by atoms with Crippen molar-refractivity contribution in [2.45, 2.75) is 53.0 Å². The van der Waals surface area contributed by atoms with Crippen LogP contribution in [0.15, 0.2) is 83.9 Å². The Morgan fingerprint density at radius 3 is 2.62 bits per heavy atom. The molecule has 3 aromatic rings. The Morgan fingerprint density at radius 2 is 1.88 bits per heavy atom. The smallest absolute Gasteiger partial charge is 0.258 e. The van der Waals surface area contributed by atoms with E-state index in [1.807, 2.05) is 12.1 Å². The third-order valence-electron chi connectivity index (χ3n) is 8.00. The molecule has 1 aromatic heterocycles. The highest BCUT2D eigenvalue weighted by atomic mass is 16.5. The second-order valence-electron chi connectivity index (χ2n) is 11.2. The number of nitrogens with zero attached hydrogens (tertiary/aromatic N) is 3. The van der Waals surface area contributed by atoms with Crippen LogP contribution in [0.5, 0.6) is 5.75 Å². The van der Waals surface area contributed by atoms with Crippen molar-refractivity contribution in [3.8, 4) is 5.75 Å². The maximum atomic E-state index is 13.0. The summed E-state index contributed by atoms with van der Waals surface area (Å²) in [5.41, 5.74) is 7.38. The first kappa shape index (κ1) is 29.3. The molecule has 2 aliphatic carbocycles. The van der Waals surface area contributed by atoms with Crippen LogP contribution < -0.4 is 10.1 Å². The SMILES string of the molecule is CCN(CC)CCOc1ccc2c(c1)C=C(C1=CC(NC(=O)c3cnn(Cc4ccc(C(C)C)cc4)c3)=CCC1=O)C2. The fourth-order valence-electron chi connectivity index (χ4n) is 5.34. The van der Waals surface area contributed by atoms with E-state index in [1.54, 1.807) is 29.2 Å². The number of nitrogens with one attached hydrogen (secondary N) is 1. The van der Waals surface area contributed by atoms with Crippen LogP contribution in [0.2, 0.25) is 0 Å². The molecule has 0 aliphatic heterocycles. The molecule has 0 saturated carbocycles. The molecule has 0 bridgehead atoms. The van der Waals surface area contributed by atoms with Gasteiger partial charge in [-0.05, 0) is 71.5 Å². The second kappa shape index (κ2) is 13.2. The summed E-state index contributed by atoms with van der Waals surface area (Å²) in [4.78, 5) is 28.3. The normalized spacial score (nSPS) is 14.5. The minimum absolute atomic E-state index is 0.0547. The van der Waals surface area contributed by atoms with E-state index in [0.717, 1.165) is 42.1 Å². The number of fused-ring (bicyclic) bond motifs is 1. The van der Waals surface area contributed by atoms with Crippen LogP contribution in [0, 0.1) is 0 Å². The maximum absolute atomic E-state index is 13.0. The van der Waals surface area contributed by atoms with E-state index in [1.165, 1.54) is 11.1 Å². The number of carbonyl (C=O) groups is 2. The van der Waals surface area contributed by atoms with Crippen molar-refractivity contribution in [3.05, 3.63) is 112 Å². The minimum Gasteiger partial charge on any atom is -0.492 e. The van der Waals surface area contributed by atoms with Crippen LogP contribution in [-0.2, 0) is 17.8 Å². The zero-order valence-corrected chi connectivity index (χ0v) is 25.0. The highest BCUT2D eigenvalue weighted by molar-refractivity contribution is 6.04. The first-order valence-electron chi connectivity index (χ1n) is 14.9. The standard InChI is InChI=1S/C35H40N4O3/c1-5-38(6-2)15-16-42-32-13-11-27-17-29(18-28(27)19-32)33-20-31(12-14-34(33)40)37-35(41)30-21-36-39(23-30)22-25-7-9-26(10-8-25)24(3)4/h7-13,18-21,23-24H,5-6,14-17,22H2,1-4H3,(H,37,41). The molecule has 0 radical (unpaired) electrons. The quantitative estimate of drug-likeness (QED) is 0.295. The van der Waals surface area contributed by atoms with Gasteiger partial charge < -0.3 is 15.0 Å². The van der Waals surface area contributed by atoms with Gasteiger partial charge in [-0.1, -0.05) is 70.2 Å². The average molecular weight is 565 g/mol. The van der Waals surface area contributed by atoms with Gasteiger partial charge >= 0.3 is 0 Å². The molecule has 0 fully saturated rings. The van der Waals surface area contributed by atoms with Gasteiger partial charge in [-0.3, -0.25) is 14.3 Å². The number of carbonyl (C=O) groups excluding carboxylic acids is 2. The molecule has 218 valence electrons. The molecular formula is C35H40N4O3. The monoisotopic (exact) mass is 564 g/mol. The van der Waals surface area contributed by atoms with Gasteiger partial charge in [-0.15, -0.1) is 0 Å². The van der Waals surface area contributed by atoms with Crippen molar-refractivity contribution in [3.63, 3.8) is 0 Å². The topological polar surface area (TPSA) is 76.5 Å². The predicted octanol–water partition coefficient (Wildman–Crippen LogP) is 5.93. The zero-order chi connectivity index (χ0) is 29.6. The zero-order valence-electron chi connectivity index (χ0n) is 25.0. The Kier molecular flexibility index (Phi) is 9.18. The van der Waals surface area contributed by atoms with Gasteiger partial charge in [-0.2, -0.15) is 5.10 Å². The molecule has 5 rings (SSSR count). The Morgan fingerprint density at radius 1 is 1.10 bits per heavy atom. The molecule has 2 aromatic carbocycles. The van der Waals surface area contributed by atoms with Crippen molar-refractivity contribution in [1.29, 1.82) is 0 Å². The Bertz CT molecular complexity index is 1540. The van der Waals surface area contributed by atoms with E-state index in [9.17, 15) is 9.59 Å². The Labute approximate surface area is 248 Å². The predicted molar refractivity (Wildman–Crippen MR) is 167 cm³/mol. The first-order valence-corrected chi connectivity index (χ1v) is 14.9. The summed E-state index contributed by atoms with van der Waals surface area (Å²) in [6.45, 7) is 12.8. The molecule has 42 heavy (non-hydrogen) atoms. The van der Waals surface area contributed by atoms with Gasteiger partial charge in [0.1, 0.15) is 12.4 Å². The lowest BCUT2D eigenvalue weighted by Gasteiger charge is -2.18. The van der Waals surface area contributed by atoms with E-state index in [-0.39, 0.29) is 18.1 Å². The summed E-state index contributed by atoms with van der Waals surface area (Å²) >= 11 is 0. The molecule has 7 nitrogen and oxygen atoms in total. The second-order valence-corrected chi connectivity index (χ2v) is 11.2. The van der Waals surface area contributed by atoms with E-state index in [2.05, 4.69) is 79.4 Å². The number of amides is 1. The van der Waals surface area contributed by atoms with Crippen LogP contribution in [0.4, 0.5) is 0 Å². The number of Topliss-reactive ketones (excluding diaryl/α,β-unsaturated/α-hetero) is 1. The minimum atomic E-state index is -0.247. The lowest BCUT2D eigenvalue weighted by atomic mass is 9.93. The van der Waals surface area contributed by atoms with E-state index in [4.69, 9.17) is 4.74 Å². The van der Waals surface area contributed by atoms with Gasteiger partial charge in [0.15, 0.2) is 5.78 Å². The highest BCUT2D eigenvalue weighted by Gasteiger charge is 2.24. The van der Waals surface area contributed by atoms with Crippen LogP contribution in [0.25, 0.3) is 6.08 Å². The molecule has 7 heteroatoms. The fourth-order valence-corrected chi connectivity index (χ4v) is 5.34. The summed E-state index contributed by atoms with van der Waals surface area (Å²) < 4.78 is 7.77. The number of ether oxygens (including phenoxy) is 1. The average Bonchev–Trinajstić information content (AvgIpc) is 3.63. The van der Waals surface area contributed by atoms with Crippen molar-refractivity contribution >= 4 is 17.8 Å². The van der Waals surface area contributed by atoms with Crippen LogP contribution in [0.1, 0.15) is 72.6 Å². The summed E-state index contributed by atoms with van der Waals surface area (Å²) in [5, 5.41) is 7.35. The number of rotatable bonds is 12. The van der Waals surface area contributed by atoms with Crippen LogP contribution in [0.3, 0.4) is 0 Å². The molecule has 1 heterocycles. The Balaban J connectivity index is 1.21. The van der Waals surface area contributed by atoms with E-state index >= 15 is 0 Å². The number of aromatic nitrogens is 2. The summed E-state index contributed by atoms with van der Waals surface area (Å²) in [7, 11) is 0. The van der Waals surface area contributed by atoms with Gasteiger partial charge in [0, 0.05) is 30.4 Å². The summed E-state index contributed by atoms with van der Waals surface area (Å²) in [5.74, 6) is 1.13. The number of ketones is 1. The highest BCUT2D eigenvalue weighted by Crippen LogP contribution is 2.34. The molecule has 0 saturated heterocycles. The number of likely N-dealkylation sites (N-methyl/N-ethyl adjacent to an activating group) is 1. The lowest BCUT2D eigenvalue weighted by Crippen LogP contribution is -2.27. The largest absolute Gasteiger partial charge is 0.492 e. The van der Waals surface area contributed by atoms with Crippen molar-refractivity contribution in [1.82, 2.24) is 20.0 Å². The van der Waals surface area contributed by atoms with Gasteiger partial charge in [0.25, 0.3) is 5.91 Å². The molecule has 2 aliphatic rings. The number of allylic oxidation sites excluding steroid dienone is 4. The maximum Gasteiger partial charge on any atom is 0.258 e. The van der Waals surface area contributed by atoms with Crippen molar-refractivity contribution < 1.29 is 14.3 Å². The molecule has 0 unspecified atom stereocenters. The fraction of sp³-hybridized carbons (Fsp3) is 0.343. The summed E-state index contributed by atoms with van der Waals surface area (Å²) in [6, 6.07) is 14.6. The van der Waals surface area contributed by atoms with E-state index in [0.29, 0.717) is 42.3 Å².